The lowest BCUT2D eigenvalue weighted by Crippen LogP contribution is -2.44. The van der Waals surface area contributed by atoms with Crippen LogP contribution >= 0.6 is 0 Å². The summed E-state index contributed by atoms with van der Waals surface area (Å²) in [5.41, 5.74) is 0.653. The zero-order valence-corrected chi connectivity index (χ0v) is 11.5. The van der Waals surface area contributed by atoms with E-state index in [0.29, 0.717) is 24.3 Å². The molecule has 0 aromatic heterocycles. The SMILES string of the molecule is CC/C(=C\NCC(NC)C(C)(C)C)C(=O)C=O. The minimum atomic E-state index is -0.447. The van der Waals surface area contributed by atoms with E-state index in [9.17, 15) is 9.59 Å². The molecular formula is C13H24N2O2. The van der Waals surface area contributed by atoms with Crippen molar-refractivity contribution in [1.82, 2.24) is 10.6 Å². The fourth-order valence-electron chi connectivity index (χ4n) is 1.56. The van der Waals surface area contributed by atoms with Crippen LogP contribution < -0.4 is 10.6 Å². The second kappa shape index (κ2) is 7.22. The van der Waals surface area contributed by atoms with Crippen molar-refractivity contribution in [2.45, 2.75) is 40.2 Å². The van der Waals surface area contributed by atoms with Crippen LogP contribution in [-0.4, -0.2) is 31.7 Å². The molecule has 0 rings (SSSR count). The minimum Gasteiger partial charge on any atom is -0.389 e. The van der Waals surface area contributed by atoms with Crippen molar-refractivity contribution in [1.29, 1.82) is 0 Å². The maximum atomic E-state index is 11.2. The second-order valence-corrected chi connectivity index (χ2v) is 5.12. The largest absolute Gasteiger partial charge is 0.389 e. The van der Waals surface area contributed by atoms with Gasteiger partial charge in [0.25, 0.3) is 0 Å². The molecule has 4 heteroatoms. The molecule has 0 aliphatic carbocycles. The van der Waals surface area contributed by atoms with E-state index < -0.39 is 5.78 Å². The topological polar surface area (TPSA) is 58.2 Å². The number of hydrogen-bond acceptors (Lipinski definition) is 4. The first-order valence-corrected chi connectivity index (χ1v) is 5.96. The number of likely N-dealkylation sites (N-methyl/N-ethyl adjacent to an activating group) is 1. The van der Waals surface area contributed by atoms with E-state index in [1.165, 1.54) is 0 Å². The van der Waals surface area contributed by atoms with Crippen LogP contribution in [-0.2, 0) is 9.59 Å². The Labute approximate surface area is 104 Å². The number of rotatable bonds is 7. The number of ketones is 1. The van der Waals surface area contributed by atoms with Gasteiger partial charge in [0, 0.05) is 24.4 Å². The molecule has 0 bridgehead atoms. The molecule has 4 nitrogen and oxygen atoms in total. The third kappa shape index (κ3) is 5.63. The molecule has 0 heterocycles. The number of nitrogens with one attached hydrogen (secondary N) is 2. The molecule has 1 atom stereocenters. The molecule has 0 radical (unpaired) electrons. The highest BCUT2D eigenvalue weighted by atomic mass is 16.2. The quantitative estimate of drug-likeness (QED) is 0.400. The van der Waals surface area contributed by atoms with Crippen LogP contribution in [0.15, 0.2) is 11.8 Å². The van der Waals surface area contributed by atoms with E-state index in [-0.39, 0.29) is 5.41 Å². The van der Waals surface area contributed by atoms with E-state index in [1.807, 2.05) is 14.0 Å². The number of hydrogen-bond donors (Lipinski definition) is 2. The highest BCUT2D eigenvalue weighted by molar-refractivity contribution is 6.32. The Morgan fingerprint density at radius 2 is 1.94 bits per heavy atom. The maximum Gasteiger partial charge on any atom is 0.222 e. The molecule has 0 spiro atoms. The third-order valence-corrected chi connectivity index (χ3v) is 2.80. The van der Waals surface area contributed by atoms with E-state index in [4.69, 9.17) is 0 Å². The van der Waals surface area contributed by atoms with Crippen molar-refractivity contribution in [3.63, 3.8) is 0 Å². The molecule has 0 aromatic rings. The van der Waals surface area contributed by atoms with Crippen molar-refractivity contribution >= 4 is 12.1 Å². The molecule has 0 saturated heterocycles. The third-order valence-electron chi connectivity index (χ3n) is 2.80. The Kier molecular flexibility index (Phi) is 6.73. The molecule has 0 saturated carbocycles. The summed E-state index contributed by atoms with van der Waals surface area (Å²) in [6.45, 7) is 9.02. The van der Waals surface area contributed by atoms with Crippen molar-refractivity contribution < 1.29 is 9.59 Å². The Morgan fingerprint density at radius 1 is 1.35 bits per heavy atom. The molecule has 0 amide bonds. The monoisotopic (exact) mass is 240 g/mol. The lowest BCUT2D eigenvalue weighted by molar-refractivity contribution is -0.127. The van der Waals surface area contributed by atoms with E-state index >= 15 is 0 Å². The minimum absolute atomic E-state index is 0.136. The van der Waals surface area contributed by atoms with Gasteiger partial charge in [0.1, 0.15) is 0 Å². The molecule has 0 fully saturated rings. The molecule has 1 unspecified atom stereocenters. The van der Waals surface area contributed by atoms with E-state index in [0.717, 1.165) is 6.54 Å². The Balaban J connectivity index is 4.41. The summed E-state index contributed by atoms with van der Waals surface area (Å²) >= 11 is 0. The predicted octanol–water partition coefficient (Wildman–Crippen LogP) is 1.27. The van der Waals surface area contributed by atoms with Gasteiger partial charge in [0.15, 0.2) is 6.29 Å². The first-order chi connectivity index (χ1) is 7.86. The van der Waals surface area contributed by atoms with Crippen LogP contribution in [0.4, 0.5) is 0 Å². The van der Waals surface area contributed by atoms with Crippen LogP contribution in [0.1, 0.15) is 34.1 Å². The molecule has 0 aliphatic heterocycles. The van der Waals surface area contributed by atoms with Gasteiger partial charge < -0.3 is 10.6 Å². The standard InChI is InChI=1S/C13H24N2O2/c1-6-10(11(17)9-16)7-15-8-12(14-5)13(2,3)4/h7,9,12,14-15H,6,8H2,1-5H3/b10-7+. The fraction of sp³-hybridized carbons (Fsp3) is 0.692. The van der Waals surface area contributed by atoms with Gasteiger partial charge in [-0.2, -0.15) is 0 Å². The summed E-state index contributed by atoms with van der Waals surface area (Å²) in [6, 6.07) is 0.295. The van der Waals surface area contributed by atoms with Crippen LogP contribution in [0.25, 0.3) is 0 Å². The van der Waals surface area contributed by atoms with Gasteiger partial charge in [-0.25, -0.2) is 0 Å². The molecule has 2 N–H and O–H groups in total. The molecular weight excluding hydrogens is 216 g/mol. The zero-order valence-electron chi connectivity index (χ0n) is 11.5. The highest BCUT2D eigenvalue weighted by Gasteiger charge is 2.22. The normalized spacial score (nSPS) is 14.3. The average Bonchev–Trinajstić information content (AvgIpc) is 2.26. The number of Topliss-reactive ketones (excluding diaryl/α,β-unsaturated/α-hetero) is 1. The number of carbonyl (C=O) groups excluding carboxylic acids is 2. The number of aldehydes is 1. The van der Waals surface area contributed by atoms with Crippen LogP contribution in [0.5, 0.6) is 0 Å². The summed E-state index contributed by atoms with van der Waals surface area (Å²) in [5, 5.41) is 6.34. The van der Waals surface area contributed by atoms with E-state index in [1.54, 1.807) is 6.20 Å². The molecule has 17 heavy (non-hydrogen) atoms. The van der Waals surface area contributed by atoms with Gasteiger partial charge in [-0.05, 0) is 18.9 Å². The lowest BCUT2D eigenvalue weighted by Gasteiger charge is -2.30. The second-order valence-electron chi connectivity index (χ2n) is 5.12. The average molecular weight is 240 g/mol. The summed E-state index contributed by atoms with van der Waals surface area (Å²) < 4.78 is 0. The molecule has 0 aliphatic rings. The van der Waals surface area contributed by atoms with Gasteiger partial charge in [-0.3, -0.25) is 9.59 Å². The van der Waals surface area contributed by atoms with Crippen LogP contribution in [0.2, 0.25) is 0 Å². The Hall–Kier alpha value is -1.16. The van der Waals surface area contributed by atoms with Crippen molar-refractivity contribution in [3.8, 4) is 0 Å². The summed E-state index contributed by atoms with van der Waals surface area (Å²) in [6.07, 6.45) is 2.56. The molecule has 0 aromatic carbocycles. The predicted molar refractivity (Wildman–Crippen MR) is 69.8 cm³/mol. The fourth-order valence-corrected chi connectivity index (χ4v) is 1.56. The summed E-state index contributed by atoms with van der Waals surface area (Å²) in [4.78, 5) is 21.6. The van der Waals surface area contributed by atoms with Gasteiger partial charge in [0.05, 0.1) is 0 Å². The number of carbonyl (C=O) groups is 2. The van der Waals surface area contributed by atoms with Crippen molar-refractivity contribution in [2.24, 2.45) is 5.41 Å². The maximum absolute atomic E-state index is 11.2. The van der Waals surface area contributed by atoms with Gasteiger partial charge in [-0.1, -0.05) is 27.7 Å². The molecule has 98 valence electrons. The van der Waals surface area contributed by atoms with Crippen molar-refractivity contribution in [3.05, 3.63) is 11.8 Å². The van der Waals surface area contributed by atoms with Crippen LogP contribution in [0.3, 0.4) is 0 Å². The smallest absolute Gasteiger partial charge is 0.222 e. The highest BCUT2D eigenvalue weighted by Crippen LogP contribution is 2.18. The Bertz CT molecular complexity index is 290. The summed E-state index contributed by atoms with van der Waals surface area (Å²) in [7, 11) is 1.92. The summed E-state index contributed by atoms with van der Waals surface area (Å²) in [5.74, 6) is -0.447. The van der Waals surface area contributed by atoms with E-state index in [2.05, 4.69) is 31.4 Å². The van der Waals surface area contributed by atoms with Gasteiger partial charge in [-0.15, -0.1) is 0 Å². The lowest BCUT2D eigenvalue weighted by atomic mass is 9.87. The first-order valence-electron chi connectivity index (χ1n) is 5.96. The van der Waals surface area contributed by atoms with Gasteiger partial charge >= 0.3 is 0 Å². The van der Waals surface area contributed by atoms with Crippen molar-refractivity contribution in [2.75, 3.05) is 13.6 Å². The van der Waals surface area contributed by atoms with Gasteiger partial charge in [0.2, 0.25) is 5.78 Å². The first kappa shape index (κ1) is 15.8. The zero-order chi connectivity index (χ0) is 13.5. The Morgan fingerprint density at radius 3 is 2.29 bits per heavy atom. The number of allylic oxidation sites excluding steroid dienone is 1. The van der Waals surface area contributed by atoms with Crippen LogP contribution in [0, 0.1) is 5.41 Å².